The number of nitrogens with zero attached hydrogens (tertiary/aromatic N) is 4. The Bertz CT molecular complexity index is 868. The van der Waals surface area contributed by atoms with E-state index in [2.05, 4.69) is 15.4 Å². The highest BCUT2D eigenvalue weighted by atomic mass is 16.3. The molecule has 0 fully saturated rings. The molecule has 8 heteroatoms. The number of carbonyl (C=O) groups excluding carboxylic acids is 1. The van der Waals surface area contributed by atoms with E-state index in [4.69, 9.17) is 0 Å². The molecule has 2 unspecified atom stereocenters. The van der Waals surface area contributed by atoms with Crippen LogP contribution in [0, 0.1) is 6.92 Å². The topological polar surface area (TPSA) is 102 Å². The van der Waals surface area contributed by atoms with Gasteiger partial charge in [0.15, 0.2) is 11.4 Å². The maximum Gasteiger partial charge on any atom is 0.254 e. The Labute approximate surface area is 151 Å². The summed E-state index contributed by atoms with van der Waals surface area (Å²) in [5.41, 5.74) is -1.27. The first-order valence-electron chi connectivity index (χ1n) is 8.95. The molecule has 0 saturated heterocycles. The minimum Gasteiger partial charge on any atom is -0.378 e. The Balaban J connectivity index is 1.77. The maximum absolute atomic E-state index is 12.7. The highest BCUT2D eigenvalue weighted by Gasteiger charge is 2.35. The molecule has 3 heterocycles. The van der Waals surface area contributed by atoms with Crippen LogP contribution < -0.4 is 10.9 Å². The van der Waals surface area contributed by atoms with Gasteiger partial charge in [0.2, 0.25) is 0 Å². The molecule has 2 N–H and O–H groups in total. The second-order valence-corrected chi connectivity index (χ2v) is 7.00. The van der Waals surface area contributed by atoms with Crippen molar-refractivity contribution in [3.05, 3.63) is 45.9 Å². The van der Waals surface area contributed by atoms with E-state index in [0.717, 1.165) is 37.5 Å². The lowest BCUT2D eigenvalue weighted by Crippen LogP contribution is -2.50. The first kappa shape index (κ1) is 18.3. The van der Waals surface area contributed by atoms with Gasteiger partial charge in [-0.05, 0) is 32.8 Å². The number of aliphatic hydroxyl groups is 1. The summed E-state index contributed by atoms with van der Waals surface area (Å²) in [4.78, 5) is 29.2. The predicted molar refractivity (Wildman–Crippen MR) is 95.6 cm³/mol. The molecule has 140 valence electrons. The van der Waals surface area contributed by atoms with E-state index in [1.54, 1.807) is 19.1 Å². The van der Waals surface area contributed by atoms with Gasteiger partial charge in [0, 0.05) is 24.7 Å². The van der Waals surface area contributed by atoms with Gasteiger partial charge in [0.1, 0.15) is 5.82 Å². The third-order valence-electron chi connectivity index (χ3n) is 4.76. The van der Waals surface area contributed by atoms with Crippen molar-refractivity contribution in [3.63, 3.8) is 0 Å². The largest absolute Gasteiger partial charge is 0.378 e. The van der Waals surface area contributed by atoms with Gasteiger partial charge in [-0.1, -0.05) is 13.0 Å². The minimum atomic E-state index is -1.72. The molecule has 8 nitrogen and oxygen atoms in total. The summed E-state index contributed by atoms with van der Waals surface area (Å²) in [6.45, 7) is 5.85. The Morgan fingerprint density at radius 2 is 2.23 bits per heavy atom. The van der Waals surface area contributed by atoms with Crippen molar-refractivity contribution in [1.82, 2.24) is 24.6 Å². The van der Waals surface area contributed by atoms with Crippen LogP contribution in [0.3, 0.4) is 0 Å². The minimum absolute atomic E-state index is 0.107. The number of carbonyl (C=O) groups is 1. The van der Waals surface area contributed by atoms with E-state index in [9.17, 15) is 14.7 Å². The fourth-order valence-electron chi connectivity index (χ4n) is 3.21. The number of fused-ring (bicyclic) bond motifs is 1. The fraction of sp³-hybridized carbons (Fsp3) is 0.556. The zero-order valence-corrected chi connectivity index (χ0v) is 15.4. The van der Waals surface area contributed by atoms with E-state index in [0.29, 0.717) is 5.69 Å². The summed E-state index contributed by atoms with van der Waals surface area (Å²) >= 11 is 0. The van der Waals surface area contributed by atoms with E-state index in [-0.39, 0.29) is 18.1 Å². The second kappa shape index (κ2) is 7.03. The Morgan fingerprint density at radius 3 is 2.92 bits per heavy atom. The number of pyridine rings is 1. The smallest absolute Gasteiger partial charge is 0.254 e. The van der Waals surface area contributed by atoms with Crippen LogP contribution in [-0.4, -0.2) is 35.9 Å². The highest BCUT2D eigenvalue weighted by molar-refractivity contribution is 5.84. The predicted octanol–water partition coefficient (Wildman–Crippen LogP) is 0.713. The van der Waals surface area contributed by atoms with Gasteiger partial charge in [-0.15, -0.1) is 0 Å². The molecular formula is C18H25N5O3. The van der Waals surface area contributed by atoms with Crippen LogP contribution in [0.2, 0.25) is 0 Å². The van der Waals surface area contributed by atoms with Gasteiger partial charge in [-0.2, -0.15) is 5.10 Å². The summed E-state index contributed by atoms with van der Waals surface area (Å²) in [6, 6.07) is 4.55. The summed E-state index contributed by atoms with van der Waals surface area (Å²) in [5, 5.41) is 18.0. The monoisotopic (exact) mass is 359 g/mol. The number of aryl methyl sites for hydroxylation is 3. The van der Waals surface area contributed by atoms with Crippen LogP contribution in [0.15, 0.2) is 23.0 Å². The summed E-state index contributed by atoms with van der Waals surface area (Å²) in [5.74, 6) is 0.955. The average molecular weight is 359 g/mol. The molecule has 0 radical (unpaired) electrons. The van der Waals surface area contributed by atoms with Gasteiger partial charge in [0.25, 0.3) is 11.5 Å². The van der Waals surface area contributed by atoms with Crippen LogP contribution >= 0.6 is 0 Å². The quantitative estimate of drug-likeness (QED) is 0.819. The van der Waals surface area contributed by atoms with Gasteiger partial charge < -0.3 is 15.0 Å². The first-order valence-corrected chi connectivity index (χ1v) is 8.95. The number of aromatic nitrogens is 4. The SMILES string of the molecule is CCc1nc2n(n1)CCCC2NC(=O)C(C)(O)Cn1c(C)cccc1=O. The van der Waals surface area contributed by atoms with E-state index >= 15 is 0 Å². The lowest BCUT2D eigenvalue weighted by Gasteiger charge is -2.29. The van der Waals surface area contributed by atoms with Crippen molar-refractivity contribution in [2.24, 2.45) is 0 Å². The number of rotatable bonds is 5. The first-order chi connectivity index (χ1) is 12.3. The molecule has 1 amide bonds. The lowest BCUT2D eigenvalue weighted by atomic mass is 10.0. The van der Waals surface area contributed by atoms with E-state index < -0.39 is 11.5 Å². The number of hydrogen-bond donors (Lipinski definition) is 2. The van der Waals surface area contributed by atoms with Crippen molar-refractivity contribution in [3.8, 4) is 0 Å². The molecular weight excluding hydrogens is 334 g/mol. The van der Waals surface area contributed by atoms with Crippen LogP contribution in [-0.2, 0) is 24.3 Å². The summed E-state index contributed by atoms with van der Waals surface area (Å²) < 4.78 is 3.23. The van der Waals surface area contributed by atoms with Gasteiger partial charge in [-0.3, -0.25) is 9.59 Å². The summed E-state index contributed by atoms with van der Waals surface area (Å²) in [6.07, 6.45) is 2.35. The Morgan fingerprint density at radius 1 is 1.46 bits per heavy atom. The molecule has 2 atom stereocenters. The van der Waals surface area contributed by atoms with Crippen LogP contribution in [0.5, 0.6) is 0 Å². The Kier molecular flexibility index (Phi) is 4.95. The second-order valence-electron chi connectivity index (χ2n) is 7.00. The molecule has 0 saturated carbocycles. The van der Waals surface area contributed by atoms with Gasteiger partial charge in [0.05, 0.1) is 12.6 Å². The molecule has 1 aliphatic heterocycles. The number of hydrogen-bond acceptors (Lipinski definition) is 5. The van der Waals surface area contributed by atoms with Crippen molar-refractivity contribution < 1.29 is 9.90 Å². The third-order valence-corrected chi connectivity index (χ3v) is 4.76. The molecule has 0 bridgehead atoms. The highest BCUT2D eigenvalue weighted by Crippen LogP contribution is 2.24. The van der Waals surface area contributed by atoms with Crippen molar-refractivity contribution in [1.29, 1.82) is 0 Å². The molecule has 26 heavy (non-hydrogen) atoms. The number of nitrogens with one attached hydrogen (secondary N) is 1. The molecule has 3 rings (SSSR count). The molecule has 2 aromatic rings. The van der Waals surface area contributed by atoms with Crippen LogP contribution in [0.1, 0.15) is 50.1 Å². The third kappa shape index (κ3) is 3.55. The standard InChI is InChI=1S/C18H25N5O3/c1-4-14-20-16-13(8-6-10-23(16)21-14)19-17(25)18(3,26)11-22-12(2)7-5-9-15(22)24/h5,7,9,13,26H,4,6,8,10-11H2,1-3H3,(H,19,25). The molecule has 1 aliphatic rings. The van der Waals surface area contributed by atoms with Crippen LogP contribution in [0.25, 0.3) is 0 Å². The van der Waals surface area contributed by atoms with E-state index in [1.807, 2.05) is 11.6 Å². The number of amides is 1. The van der Waals surface area contributed by atoms with Gasteiger partial charge in [-0.25, -0.2) is 9.67 Å². The summed E-state index contributed by atoms with van der Waals surface area (Å²) in [7, 11) is 0. The molecule has 0 aliphatic carbocycles. The molecule has 2 aromatic heterocycles. The zero-order valence-electron chi connectivity index (χ0n) is 15.4. The van der Waals surface area contributed by atoms with Crippen molar-refractivity contribution in [2.75, 3.05) is 0 Å². The van der Waals surface area contributed by atoms with Crippen molar-refractivity contribution >= 4 is 5.91 Å². The Hall–Kier alpha value is -2.48. The van der Waals surface area contributed by atoms with E-state index in [1.165, 1.54) is 17.6 Å². The van der Waals surface area contributed by atoms with Crippen molar-refractivity contribution in [2.45, 2.75) is 64.8 Å². The van der Waals surface area contributed by atoms with Gasteiger partial charge >= 0.3 is 0 Å². The maximum atomic E-state index is 12.7. The molecule has 0 aromatic carbocycles. The zero-order chi connectivity index (χ0) is 18.9. The normalized spacial score (nSPS) is 18.8. The molecule has 0 spiro atoms. The fourth-order valence-corrected chi connectivity index (χ4v) is 3.21. The van der Waals surface area contributed by atoms with Crippen LogP contribution in [0.4, 0.5) is 0 Å². The average Bonchev–Trinajstić information content (AvgIpc) is 3.02. The lowest BCUT2D eigenvalue weighted by molar-refractivity contribution is -0.140.